The number of anilines is 3. The number of hydrogen-bond donors (Lipinski definition) is 2. The van der Waals surface area contributed by atoms with Crippen LogP contribution >= 0.6 is 0 Å². The van der Waals surface area contributed by atoms with E-state index in [1.165, 1.54) is 6.20 Å². The number of morpholine rings is 1. The summed E-state index contributed by atoms with van der Waals surface area (Å²) in [6.07, 6.45) is 1.53. The molecule has 1 aromatic heterocycles. The third-order valence-corrected chi connectivity index (χ3v) is 3.68. The topological polar surface area (TPSA) is 99.0 Å². The third-order valence-electron chi connectivity index (χ3n) is 3.68. The second-order valence-corrected chi connectivity index (χ2v) is 5.33. The van der Waals surface area contributed by atoms with Crippen LogP contribution < -0.4 is 10.6 Å². The average molecular weight is 325 g/mol. The Bertz CT molecular complexity index is 710. The minimum Gasteiger partial charge on any atom is -0.379 e. The highest BCUT2D eigenvalue weighted by molar-refractivity contribution is 5.64. The fraction of sp³-hybridized carbons (Fsp3) is 0.375. The van der Waals surface area contributed by atoms with Crippen molar-refractivity contribution in [3.63, 3.8) is 0 Å². The van der Waals surface area contributed by atoms with Crippen LogP contribution in [0.2, 0.25) is 0 Å². The average Bonchev–Trinajstić information content (AvgIpc) is 2.63. The van der Waals surface area contributed by atoms with Crippen LogP contribution in [0.4, 0.5) is 17.5 Å². The largest absolute Gasteiger partial charge is 0.379 e. The van der Waals surface area contributed by atoms with Crippen LogP contribution in [-0.2, 0) is 4.74 Å². The zero-order valence-electron chi connectivity index (χ0n) is 13.3. The zero-order valence-corrected chi connectivity index (χ0v) is 13.3. The monoisotopic (exact) mass is 325 g/mol. The van der Waals surface area contributed by atoms with Crippen molar-refractivity contribution in [3.8, 4) is 6.07 Å². The first-order valence-corrected chi connectivity index (χ1v) is 7.85. The number of para-hydroxylation sites is 1. The summed E-state index contributed by atoms with van der Waals surface area (Å²) in [5, 5.41) is 23.3. The Labute approximate surface area is 140 Å². The van der Waals surface area contributed by atoms with Gasteiger partial charge in [0.1, 0.15) is 6.07 Å². The number of rotatable bonds is 6. The number of nitriles is 1. The first kappa shape index (κ1) is 16.1. The van der Waals surface area contributed by atoms with Crippen LogP contribution in [0.15, 0.2) is 30.5 Å². The molecule has 0 bridgehead atoms. The Balaban J connectivity index is 1.56. The van der Waals surface area contributed by atoms with Crippen molar-refractivity contribution in [2.75, 3.05) is 50.0 Å². The van der Waals surface area contributed by atoms with Crippen LogP contribution in [0.1, 0.15) is 5.56 Å². The lowest BCUT2D eigenvalue weighted by atomic mass is 10.2. The predicted octanol–water partition coefficient (Wildman–Crippen LogP) is 1.23. The molecule has 0 radical (unpaired) electrons. The van der Waals surface area contributed by atoms with Crippen LogP contribution in [0, 0.1) is 11.3 Å². The summed E-state index contributed by atoms with van der Waals surface area (Å²) in [5.41, 5.74) is 1.25. The van der Waals surface area contributed by atoms with Crippen LogP contribution in [0.3, 0.4) is 0 Å². The van der Waals surface area contributed by atoms with Gasteiger partial charge in [-0.15, -0.1) is 5.10 Å². The highest BCUT2D eigenvalue weighted by atomic mass is 16.5. The van der Waals surface area contributed by atoms with E-state index in [9.17, 15) is 0 Å². The van der Waals surface area contributed by atoms with Gasteiger partial charge in [0.05, 0.1) is 30.7 Å². The van der Waals surface area contributed by atoms with Gasteiger partial charge in [0.25, 0.3) is 0 Å². The normalized spacial score (nSPS) is 14.8. The van der Waals surface area contributed by atoms with E-state index in [0.717, 1.165) is 39.4 Å². The molecular formula is C16H19N7O. The first-order valence-electron chi connectivity index (χ1n) is 7.85. The summed E-state index contributed by atoms with van der Waals surface area (Å²) < 4.78 is 5.33. The lowest BCUT2D eigenvalue weighted by Crippen LogP contribution is -2.39. The van der Waals surface area contributed by atoms with Crippen molar-refractivity contribution in [1.82, 2.24) is 20.1 Å². The summed E-state index contributed by atoms with van der Waals surface area (Å²) >= 11 is 0. The molecule has 0 atom stereocenters. The SMILES string of the molecule is N#Cc1ccccc1Nc1cnnc(NCCN2CCOCC2)n1. The van der Waals surface area contributed by atoms with E-state index in [0.29, 0.717) is 23.0 Å². The number of nitrogens with zero attached hydrogens (tertiary/aromatic N) is 5. The van der Waals surface area contributed by atoms with Crippen molar-refractivity contribution in [2.24, 2.45) is 0 Å². The summed E-state index contributed by atoms with van der Waals surface area (Å²) in [7, 11) is 0. The molecule has 1 aliphatic rings. The van der Waals surface area contributed by atoms with Crippen LogP contribution in [0.5, 0.6) is 0 Å². The molecule has 8 nitrogen and oxygen atoms in total. The maximum Gasteiger partial charge on any atom is 0.244 e. The molecule has 1 aromatic carbocycles. The van der Waals surface area contributed by atoms with E-state index in [1.54, 1.807) is 6.07 Å². The smallest absolute Gasteiger partial charge is 0.244 e. The van der Waals surface area contributed by atoms with Crippen LogP contribution in [-0.4, -0.2) is 59.5 Å². The quantitative estimate of drug-likeness (QED) is 0.818. The summed E-state index contributed by atoms with van der Waals surface area (Å²) in [6.45, 7) is 5.12. The van der Waals surface area contributed by atoms with E-state index < -0.39 is 0 Å². The molecule has 124 valence electrons. The van der Waals surface area contributed by atoms with Gasteiger partial charge in [0, 0.05) is 26.2 Å². The molecule has 0 aliphatic carbocycles. The highest BCUT2D eigenvalue weighted by Crippen LogP contribution is 2.18. The third kappa shape index (κ3) is 4.38. The molecule has 1 aliphatic heterocycles. The van der Waals surface area contributed by atoms with Gasteiger partial charge in [0.2, 0.25) is 5.95 Å². The summed E-state index contributed by atoms with van der Waals surface area (Å²) in [5.74, 6) is 1.00. The lowest BCUT2D eigenvalue weighted by molar-refractivity contribution is 0.0398. The number of hydrogen-bond acceptors (Lipinski definition) is 8. The molecule has 1 saturated heterocycles. The van der Waals surface area contributed by atoms with E-state index in [-0.39, 0.29) is 0 Å². The Hall–Kier alpha value is -2.76. The lowest BCUT2D eigenvalue weighted by Gasteiger charge is -2.26. The first-order chi connectivity index (χ1) is 11.8. The summed E-state index contributed by atoms with van der Waals surface area (Å²) in [6, 6.07) is 9.40. The van der Waals surface area contributed by atoms with E-state index in [2.05, 4.69) is 36.8 Å². The number of benzene rings is 1. The van der Waals surface area contributed by atoms with Gasteiger partial charge in [-0.3, -0.25) is 4.90 Å². The highest BCUT2D eigenvalue weighted by Gasteiger charge is 2.10. The van der Waals surface area contributed by atoms with Gasteiger partial charge in [-0.05, 0) is 12.1 Å². The minimum atomic E-state index is 0.461. The van der Waals surface area contributed by atoms with Gasteiger partial charge in [-0.25, -0.2) is 0 Å². The maximum absolute atomic E-state index is 9.13. The van der Waals surface area contributed by atoms with E-state index in [4.69, 9.17) is 10.00 Å². The molecular weight excluding hydrogens is 306 g/mol. The summed E-state index contributed by atoms with van der Waals surface area (Å²) in [4.78, 5) is 6.71. The van der Waals surface area contributed by atoms with Gasteiger partial charge in [-0.1, -0.05) is 12.1 Å². The molecule has 2 heterocycles. The van der Waals surface area contributed by atoms with Crippen molar-refractivity contribution in [1.29, 1.82) is 5.26 Å². The molecule has 0 unspecified atom stereocenters. The van der Waals surface area contributed by atoms with E-state index in [1.807, 2.05) is 18.2 Å². The van der Waals surface area contributed by atoms with Crippen molar-refractivity contribution in [3.05, 3.63) is 36.0 Å². The van der Waals surface area contributed by atoms with Gasteiger partial charge < -0.3 is 15.4 Å². The Morgan fingerprint density at radius 3 is 2.92 bits per heavy atom. The molecule has 8 heteroatoms. The maximum atomic E-state index is 9.13. The molecule has 24 heavy (non-hydrogen) atoms. The second-order valence-electron chi connectivity index (χ2n) is 5.33. The standard InChI is InChI=1S/C16H19N7O/c17-11-13-3-1-2-4-14(13)20-15-12-19-22-16(21-15)18-5-6-23-7-9-24-10-8-23/h1-4,12H,5-10H2,(H2,18,20,21,22). The fourth-order valence-electron chi connectivity index (χ4n) is 2.42. The molecule has 1 fully saturated rings. The molecule has 3 rings (SSSR count). The molecule has 2 aromatic rings. The molecule has 0 saturated carbocycles. The Morgan fingerprint density at radius 1 is 1.25 bits per heavy atom. The van der Waals surface area contributed by atoms with Gasteiger partial charge in [0.15, 0.2) is 5.82 Å². The molecule has 0 spiro atoms. The van der Waals surface area contributed by atoms with Gasteiger partial charge >= 0.3 is 0 Å². The number of nitrogens with one attached hydrogen (secondary N) is 2. The van der Waals surface area contributed by atoms with Crippen molar-refractivity contribution in [2.45, 2.75) is 0 Å². The van der Waals surface area contributed by atoms with Crippen molar-refractivity contribution >= 4 is 17.5 Å². The van der Waals surface area contributed by atoms with E-state index >= 15 is 0 Å². The molecule has 2 N–H and O–H groups in total. The van der Waals surface area contributed by atoms with Crippen LogP contribution in [0.25, 0.3) is 0 Å². The second kappa shape index (κ2) is 8.19. The number of aromatic nitrogens is 3. The Morgan fingerprint density at radius 2 is 2.08 bits per heavy atom. The number of ether oxygens (including phenoxy) is 1. The molecule has 0 amide bonds. The van der Waals surface area contributed by atoms with Crippen molar-refractivity contribution < 1.29 is 4.74 Å². The minimum absolute atomic E-state index is 0.461. The zero-order chi connectivity index (χ0) is 16.6. The Kier molecular flexibility index (Phi) is 5.50. The fourth-order valence-corrected chi connectivity index (χ4v) is 2.42. The van der Waals surface area contributed by atoms with Gasteiger partial charge in [-0.2, -0.15) is 15.3 Å². The predicted molar refractivity (Wildman–Crippen MR) is 90.0 cm³/mol.